The number of carbonyl (C=O) groups excluding carboxylic acids is 1. The number of hydrogen-bond acceptors (Lipinski definition) is 2. The fourth-order valence-electron chi connectivity index (χ4n) is 2.65. The Kier molecular flexibility index (Phi) is 4.00. The maximum atomic E-state index is 12.2. The van der Waals surface area contributed by atoms with E-state index in [4.69, 9.17) is 27.9 Å². The van der Waals surface area contributed by atoms with Gasteiger partial charge in [-0.25, -0.2) is 4.79 Å². The van der Waals surface area contributed by atoms with Crippen molar-refractivity contribution in [3.05, 3.63) is 55.5 Å². The predicted octanol–water partition coefficient (Wildman–Crippen LogP) is 5.50. The number of ether oxygens (including phenoxy) is 1. The van der Waals surface area contributed by atoms with Gasteiger partial charge >= 0.3 is 5.97 Å². The Morgan fingerprint density at radius 1 is 1.33 bits per heavy atom. The molecule has 0 spiro atoms. The molecule has 0 N–H and O–H groups in total. The van der Waals surface area contributed by atoms with Crippen LogP contribution in [-0.2, 0) is 11.2 Å². The molecule has 0 aromatic heterocycles. The summed E-state index contributed by atoms with van der Waals surface area (Å²) in [5, 5.41) is 1.15. The van der Waals surface area contributed by atoms with E-state index in [9.17, 15) is 4.79 Å². The first kappa shape index (κ1) is 14.9. The van der Waals surface area contributed by atoms with E-state index in [0.29, 0.717) is 28.6 Å². The summed E-state index contributed by atoms with van der Waals surface area (Å²) in [6, 6.07) is 7.40. The summed E-state index contributed by atoms with van der Waals surface area (Å²) in [5.41, 5.74) is 4.53. The zero-order chi connectivity index (χ0) is 15.1. The lowest BCUT2D eigenvalue weighted by Crippen LogP contribution is -2.08. The first-order valence-electron chi connectivity index (χ1n) is 6.49. The second kappa shape index (κ2) is 5.64. The zero-order valence-electron chi connectivity index (χ0n) is 11.2. The van der Waals surface area contributed by atoms with Gasteiger partial charge in [-0.05, 0) is 64.2 Å². The minimum Gasteiger partial charge on any atom is -0.462 e. The fraction of sp³-hybridized carbons (Fsp3) is 0.188. The number of hydrogen-bond donors (Lipinski definition) is 0. The highest BCUT2D eigenvalue weighted by atomic mass is 79.9. The molecule has 0 saturated heterocycles. The Morgan fingerprint density at radius 3 is 2.81 bits per heavy atom. The number of rotatable bonds is 2. The molecule has 21 heavy (non-hydrogen) atoms. The van der Waals surface area contributed by atoms with E-state index in [0.717, 1.165) is 26.7 Å². The molecule has 0 radical (unpaired) electrons. The van der Waals surface area contributed by atoms with Gasteiger partial charge in [-0.15, -0.1) is 0 Å². The Balaban J connectivity index is 2.25. The van der Waals surface area contributed by atoms with Crippen LogP contribution in [0.15, 0.2) is 28.7 Å². The molecule has 0 unspecified atom stereocenters. The minimum atomic E-state index is -0.345. The molecule has 0 fully saturated rings. The lowest BCUT2D eigenvalue weighted by atomic mass is 10.0. The number of fused-ring (bicyclic) bond motifs is 3. The fourth-order valence-corrected chi connectivity index (χ4v) is 3.59. The third kappa shape index (κ3) is 2.48. The molecule has 0 aliphatic heterocycles. The van der Waals surface area contributed by atoms with Crippen molar-refractivity contribution >= 4 is 45.1 Å². The minimum absolute atomic E-state index is 0.333. The normalized spacial score (nSPS) is 12.0. The van der Waals surface area contributed by atoms with Crippen LogP contribution in [-0.4, -0.2) is 12.6 Å². The third-order valence-electron chi connectivity index (χ3n) is 3.53. The summed E-state index contributed by atoms with van der Waals surface area (Å²) in [4.78, 5) is 12.2. The molecule has 0 atom stereocenters. The van der Waals surface area contributed by atoms with Crippen LogP contribution in [0.3, 0.4) is 0 Å². The Bertz CT molecular complexity index is 756. The molecule has 0 heterocycles. The van der Waals surface area contributed by atoms with E-state index >= 15 is 0 Å². The summed E-state index contributed by atoms with van der Waals surface area (Å²) in [6.07, 6.45) is 0.672. The maximum absolute atomic E-state index is 12.2. The molecule has 3 rings (SSSR count). The van der Waals surface area contributed by atoms with Crippen LogP contribution in [0, 0.1) is 0 Å². The average molecular weight is 386 g/mol. The molecule has 0 bridgehead atoms. The van der Waals surface area contributed by atoms with E-state index in [1.165, 1.54) is 0 Å². The highest BCUT2D eigenvalue weighted by Crippen LogP contribution is 2.46. The molecule has 2 aromatic carbocycles. The maximum Gasteiger partial charge on any atom is 0.338 e. The number of benzene rings is 2. The van der Waals surface area contributed by atoms with E-state index in [2.05, 4.69) is 15.9 Å². The van der Waals surface area contributed by atoms with E-state index < -0.39 is 0 Å². The Hall–Kier alpha value is -1.03. The monoisotopic (exact) mass is 384 g/mol. The molecular weight excluding hydrogens is 375 g/mol. The van der Waals surface area contributed by atoms with Gasteiger partial charge in [0.2, 0.25) is 0 Å². The highest BCUT2D eigenvalue weighted by Gasteiger charge is 2.28. The third-order valence-corrected chi connectivity index (χ3v) is 5.12. The van der Waals surface area contributed by atoms with Gasteiger partial charge in [0.15, 0.2) is 0 Å². The molecule has 2 aromatic rings. The number of halogens is 3. The van der Waals surface area contributed by atoms with Gasteiger partial charge in [-0.3, -0.25) is 0 Å². The van der Waals surface area contributed by atoms with Gasteiger partial charge in [0.1, 0.15) is 0 Å². The van der Waals surface area contributed by atoms with E-state index in [-0.39, 0.29) is 5.97 Å². The first-order valence-corrected chi connectivity index (χ1v) is 8.04. The number of esters is 1. The van der Waals surface area contributed by atoms with Gasteiger partial charge in [0.05, 0.1) is 17.2 Å². The van der Waals surface area contributed by atoms with Crippen LogP contribution in [0.25, 0.3) is 11.1 Å². The SMILES string of the molecule is CCOC(=O)c1cc(Cl)c(Br)c2c1Cc1ccc(Cl)cc1-2. The first-order chi connectivity index (χ1) is 10.0. The molecule has 1 aliphatic rings. The molecule has 0 amide bonds. The van der Waals surface area contributed by atoms with E-state index in [1.54, 1.807) is 13.0 Å². The standard InChI is InChI=1S/C16H11BrCl2O2/c1-2-21-16(20)12-7-13(19)15(17)14-10-6-9(18)4-3-8(10)5-11(12)14/h3-4,6-7H,2,5H2,1H3. The summed E-state index contributed by atoms with van der Waals surface area (Å²) >= 11 is 15.9. The van der Waals surface area contributed by atoms with Crippen molar-refractivity contribution in [2.45, 2.75) is 13.3 Å². The second-order valence-electron chi connectivity index (χ2n) is 4.77. The lowest BCUT2D eigenvalue weighted by molar-refractivity contribution is 0.0525. The van der Waals surface area contributed by atoms with Gasteiger partial charge in [-0.2, -0.15) is 0 Å². The molecule has 0 saturated carbocycles. The van der Waals surface area contributed by atoms with Crippen molar-refractivity contribution in [1.82, 2.24) is 0 Å². The van der Waals surface area contributed by atoms with Crippen molar-refractivity contribution in [3.8, 4) is 11.1 Å². The number of carbonyl (C=O) groups is 1. The van der Waals surface area contributed by atoms with Crippen LogP contribution in [0.4, 0.5) is 0 Å². The molecular formula is C16H11BrCl2O2. The Morgan fingerprint density at radius 2 is 2.10 bits per heavy atom. The summed E-state index contributed by atoms with van der Waals surface area (Å²) in [7, 11) is 0. The molecule has 108 valence electrons. The summed E-state index contributed by atoms with van der Waals surface area (Å²) in [6.45, 7) is 2.12. The molecule has 5 heteroatoms. The van der Waals surface area contributed by atoms with Crippen molar-refractivity contribution in [2.24, 2.45) is 0 Å². The van der Waals surface area contributed by atoms with Gasteiger partial charge in [0, 0.05) is 15.1 Å². The predicted molar refractivity (Wildman–Crippen MR) is 88.4 cm³/mol. The molecule has 2 nitrogen and oxygen atoms in total. The van der Waals surface area contributed by atoms with E-state index in [1.807, 2.05) is 18.2 Å². The van der Waals surface area contributed by atoms with Crippen LogP contribution >= 0.6 is 39.1 Å². The van der Waals surface area contributed by atoms with Gasteiger partial charge in [0.25, 0.3) is 0 Å². The molecule has 1 aliphatic carbocycles. The van der Waals surface area contributed by atoms with Gasteiger partial charge in [-0.1, -0.05) is 29.3 Å². The topological polar surface area (TPSA) is 26.3 Å². The summed E-state index contributed by atoms with van der Waals surface area (Å²) in [5.74, 6) is -0.345. The van der Waals surface area contributed by atoms with Crippen molar-refractivity contribution in [1.29, 1.82) is 0 Å². The van der Waals surface area contributed by atoms with Gasteiger partial charge < -0.3 is 4.74 Å². The second-order valence-corrected chi connectivity index (χ2v) is 6.41. The largest absolute Gasteiger partial charge is 0.462 e. The van der Waals surface area contributed by atoms with Crippen molar-refractivity contribution < 1.29 is 9.53 Å². The smallest absolute Gasteiger partial charge is 0.338 e. The summed E-state index contributed by atoms with van der Waals surface area (Å²) < 4.78 is 5.92. The highest BCUT2D eigenvalue weighted by molar-refractivity contribution is 9.10. The Labute approximate surface area is 141 Å². The zero-order valence-corrected chi connectivity index (χ0v) is 14.3. The quantitative estimate of drug-likeness (QED) is 0.544. The van der Waals surface area contributed by atoms with Crippen LogP contribution in [0.5, 0.6) is 0 Å². The van der Waals surface area contributed by atoms with Crippen molar-refractivity contribution in [2.75, 3.05) is 6.61 Å². The van der Waals surface area contributed by atoms with Crippen LogP contribution < -0.4 is 0 Å². The van der Waals surface area contributed by atoms with Crippen LogP contribution in [0.2, 0.25) is 10.0 Å². The van der Waals surface area contributed by atoms with Crippen LogP contribution in [0.1, 0.15) is 28.4 Å². The average Bonchev–Trinajstić information content (AvgIpc) is 2.81. The lowest BCUT2D eigenvalue weighted by Gasteiger charge is -2.11. The van der Waals surface area contributed by atoms with Crippen molar-refractivity contribution in [3.63, 3.8) is 0 Å².